The molecule has 3 nitrogen and oxygen atoms in total. The molecule has 0 aliphatic carbocycles. The number of halogens is 2. The van der Waals surface area contributed by atoms with E-state index in [0.717, 1.165) is 25.8 Å². The quantitative estimate of drug-likeness (QED) is 0.791. The molecule has 0 bridgehead atoms. The molecule has 0 N–H and O–H groups in total. The van der Waals surface area contributed by atoms with E-state index in [0.29, 0.717) is 19.1 Å². The van der Waals surface area contributed by atoms with E-state index in [1.54, 1.807) is 0 Å². The Labute approximate surface area is 117 Å². The minimum atomic E-state index is -2.50. The fourth-order valence-corrected chi connectivity index (χ4v) is 2.40. The highest BCUT2D eigenvalue weighted by atomic mass is 19.3. The number of ether oxygens (including phenoxy) is 1. The van der Waals surface area contributed by atoms with Gasteiger partial charge in [-0.15, -0.1) is 0 Å². The van der Waals surface area contributed by atoms with Crippen LogP contribution < -0.4 is 0 Å². The Balaban J connectivity index is 0.000000257. The summed E-state index contributed by atoms with van der Waals surface area (Å²) in [6, 6.07) is 10.3. The van der Waals surface area contributed by atoms with Gasteiger partial charge in [0.1, 0.15) is 0 Å². The standard InChI is InChI=1S/C12H13NO2.C3H6F2/c14-11-7-6-10-8-15-12(13(10)11)9-4-2-1-3-5-9;1-3(2,4)5/h1-5,10,12H,6-8H2;1-2H3/t10-,12-;/m0./s1. The van der Waals surface area contributed by atoms with E-state index in [-0.39, 0.29) is 12.1 Å². The molecule has 1 aromatic rings. The van der Waals surface area contributed by atoms with Crippen LogP contribution in [0.5, 0.6) is 0 Å². The lowest BCUT2D eigenvalue weighted by Gasteiger charge is -2.22. The number of carbonyl (C=O) groups excluding carboxylic acids is 1. The van der Waals surface area contributed by atoms with E-state index < -0.39 is 5.92 Å². The maximum absolute atomic E-state index is 11.7. The molecule has 0 saturated carbocycles. The highest BCUT2D eigenvalue weighted by Crippen LogP contribution is 2.36. The Morgan fingerprint density at radius 3 is 2.45 bits per heavy atom. The molecule has 20 heavy (non-hydrogen) atoms. The van der Waals surface area contributed by atoms with Crippen molar-refractivity contribution in [3.8, 4) is 0 Å². The minimum absolute atomic E-state index is 0.147. The second-order valence-corrected chi connectivity index (χ2v) is 5.42. The predicted octanol–water partition coefficient (Wildman–Crippen LogP) is 3.37. The van der Waals surface area contributed by atoms with Gasteiger partial charge in [0.25, 0.3) is 0 Å². The van der Waals surface area contributed by atoms with Gasteiger partial charge in [0.05, 0.1) is 12.6 Å². The number of amides is 1. The topological polar surface area (TPSA) is 29.5 Å². The summed E-state index contributed by atoms with van der Waals surface area (Å²) in [4.78, 5) is 13.6. The van der Waals surface area contributed by atoms with Crippen LogP contribution in [0.1, 0.15) is 38.5 Å². The first kappa shape index (κ1) is 14.9. The summed E-state index contributed by atoms with van der Waals surface area (Å²) < 4.78 is 27.7. The zero-order chi connectivity index (χ0) is 14.8. The molecule has 3 rings (SSSR count). The lowest BCUT2D eigenvalue weighted by Crippen LogP contribution is -2.30. The van der Waals surface area contributed by atoms with Crippen LogP contribution in [0.25, 0.3) is 0 Å². The van der Waals surface area contributed by atoms with E-state index in [2.05, 4.69) is 0 Å². The first-order chi connectivity index (χ1) is 9.36. The van der Waals surface area contributed by atoms with E-state index in [4.69, 9.17) is 4.74 Å². The third-order valence-corrected chi connectivity index (χ3v) is 3.16. The number of benzene rings is 1. The summed E-state index contributed by atoms with van der Waals surface area (Å²) in [6.45, 7) is 2.39. The van der Waals surface area contributed by atoms with Crippen molar-refractivity contribution in [2.45, 2.75) is 44.9 Å². The second kappa shape index (κ2) is 5.87. The average Bonchev–Trinajstić information content (AvgIpc) is 2.92. The molecule has 1 aromatic carbocycles. The van der Waals surface area contributed by atoms with Crippen molar-refractivity contribution in [3.63, 3.8) is 0 Å². The second-order valence-electron chi connectivity index (χ2n) is 5.42. The maximum Gasteiger partial charge on any atom is 0.242 e. The molecule has 110 valence electrons. The number of alkyl halides is 2. The minimum Gasteiger partial charge on any atom is -0.352 e. The molecule has 0 spiro atoms. The molecular formula is C15H19F2NO2. The largest absolute Gasteiger partial charge is 0.352 e. The van der Waals surface area contributed by atoms with E-state index >= 15 is 0 Å². The average molecular weight is 283 g/mol. The fraction of sp³-hybridized carbons (Fsp3) is 0.533. The third kappa shape index (κ3) is 3.76. The summed E-state index contributed by atoms with van der Waals surface area (Å²) in [5.41, 5.74) is 1.08. The molecule has 2 aliphatic heterocycles. The van der Waals surface area contributed by atoms with Crippen LogP contribution in [0.2, 0.25) is 0 Å². The summed E-state index contributed by atoms with van der Waals surface area (Å²) >= 11 is 0. The molecule has 0 unspecified atom stereocenters. The highest BCUT2D eigenvalue weighted by Gasteiger charge is 2.42. The van der Waals surface area contributed by atoms with Crippen molar-refractivity contribution in [3.05, 3.63) is 35.9 Å². The Morgan fingerprint density at radius 1 is 1.25 bits per heavy atom. The Morgan fingerprint density at radius 2 is 1.85 bits per heavy atom. The van der Waals surface area contributed by atoms with Crippen molar-refractivity contribution in [2.24, 2.45) is 0 Å². The van der Waals surface area contributed by atoms with Crippen LogP contribution in [0.15, 0.2) is 30.3 Å². The van der Waals surface area contributed by atoms with Crippen LogP contribution in [-0.2, 0) is 9.53 Å². The number of hydrogen-bond acceptors (Lipinski definition) is 2. The monoisotopic (exact) mass is 283 g/mol. The van der Waals surface area contributed by atoms with Gasteiger partial charge in [0.15, 0.2) is 6.23 Å². The molecule has 5 heteroatoms. The molecular weight excluding hydrogens is 264 g/mol. The van der Waals surface area contributed by atoms with Crippen molar-refractivity contribution in [1.29, 1.82) is 0 Å². The lowest BCUT2D eigenvalue weighted by molar-refractivity contribution is -0.134. The molecule has 2 saturated heterocycles. The summed E-state index contributed by atoms with van der Waals surface area (Å²) in [5.74, 6) is -2.27. The van der Waals surface area contributed by atoms with Gasteiger partial charge in [-0.3, -0.25) is 4.79 Å². The van der Waals surface area contributed by atoms with Crippen LogP contribution in [-0.4, -0.2) is 29.4 Å². The molecule has 2 atom stereocenters. The SMILES string of the molecule is CC(C)(F)F.O=C1CC[C@H]2CO[C@@H](c3ccccc3)N12. The van der Waals surface area contributed by atoms with Crippen LogP contribution in [0.4, 0.5) is 8.78 Å². The van der Waals surface area contributed by atoms with Crippen molar-refractivity contribution < 1.29 is 18.3 Å². The van der Waals surface area contributed by atoms with Gasteiger partial charge in [0.2, 0.25) is 11.8 Å². The molecule has 0 aromatic heterocycles. The fourth-order valence-electron chi connectivity index (χ4n) is 2.40. The number of nitrogens with zero attached hydrogens (tertiary/aromatic N) is 1. The van der Waals surface area contributed by atoms with E-state index in [1.165, 1.54) is 0 Å². The zero-order valence-corrected chi connectivity index (χ0v) is 11.7. The maximum atomic E-state index is 11.7. The Bertz CT molecular complexity index is 453. The number of rotatable bonds is 1. The zero-order valence-electron chi connectivity index (χ0n) is 11.7. The summed E-state index contributed by atoms with van der Waals surface area (Å²) in [6.07, 6.45) is 1.48. The normalized spacial score (nSPS) is 25.2. The summed E-state index contributed by atoms with van der Waals surface area (Å²) in [7, 11) is 0. The molecule has 2 aliphatic rings. The van der Waals surface area contributed by atoms with Gasteiger partial charge < -0.3 is 9.64 Å². The van der Waals surface area contributed by atoms with Gasteiger partial charge >= 0.3 is 0 Å². The van der Waals surface area contributed by atoms with E-state index in [9.17, 15) is 13.6 Å². The van der Waals surface area contributed by atoms with Gasteiger partial charge in [0, 0.05) is 12.0 Å². The number of hydrogen-bond donors (Lipinski definition) is 0. The predicted molar refractivity (Wildman–Crippen MR) is 71.3 cm³/mol. The van der Waals surface area contributed by atoms with Gasteiger partial charge in [-0.1, -0.05) is 30.3 Å². The Hall–Kier alpha value is -1.49. The van der Waals surface area contributed by atoms with Gasteiger partial charge in [-0.25, -0.2) is 8.78 Å². The molecule has 2 heterocycles. The van der Waals surface area contributed by atoms with Crippen molar-refractivity contribution in [1.82, 2.24) is 4.90 Å². The van der Waals surface area contributed by atoms with Gasteiger partial charge in [-0.05, 0) is 20.3 Å². The smallest absolute Gasteiger partial charge is 0.242 e. The molecule has 1 amide bonds. The van der Waals surface area contributed by atoms with Crippen LogP contribution >= 0.6 is 0 Å². The summed E-state index contributed by atoms with van der Waals surface area (Å²) in [5, 5.41) is 0. The molecule has 0 radical (unpaired) electrons. The van der Waals surface area contributed by atoms with Crippen molar-refractivity contribution >= 4 is 5.91 Å². The van der Waals surface area contributed by atoms with Crippen LogP contribution in [0.3, 0.4) is 0 Å². The highest BCUT2D eigenvalue weighted by molar-refractivity contribution is 5.79. The van der Waals surface area contributed by atoms with Crippen LogP contribution in [0, 0.1) is 0 Å². The lowest BCUT2D eigenvalue weighted by atomic mass is 10.2. The van der Waals surface area contributed by atoms with Crippen molar-refractivity contribution in [2.75, 3.05) is 6.61 Å². The first-order valence-corrected chi connectivity index (χ1v) is 6.72. The van der Waals surface area contributed by atoms with E-state index in [1.807, 2.05) is 35.2 Å². The first-order valence-electron chi connectivity index (χ1n) is 6.72. The van der Waals surface area contributed by atoms with Gasteiger partial charge in [-0.2, -0.15) is 0 Å². The molecule has 2 fully saturated rings. The third-order valence-electron chi connectivity index (χ3n) is 3.16. The number of fused-ring (bicyclic) bond motifs is 1. The Kier molecular flexibility index (Phi) is 4.38. The number of carbonyl (C=O) groups is 1.